The average Bonchev–Trinajstić information content (AvgIpc) is 3.18. The third-order valence-electron chi connectivity index (χ3n) is 6.51. The van der Waals surface area contributed by atoms with Crippen molar-refractivity contribution in [3.05, 3.63) is 71.8 Å². The number of carbonyl (C=O) groups excluding carboxylic acids is 1. The number of benzene rings is 2. The number of aliphatic hydroxyl groups excluding tert-OH is 1. The average molecular weight is 465 g/mol. The van der Waals surface area contributed by atoms with Gasteiger partial charge in [-0.25, -0.2) is 0 Å². The highest BCUT2D eigenvalue weighted by Gasteiger charge is 2.28. The Hall–Kier alpha value is -3.12. The molecule has 2 atom stereocenters. The Morgan fingerprint density at radius 2 is 1.91 bits per heavy atom. The minimum atomic E-state index is -0.758. The molecule has 6 heteroatoms. The van der Waals surface area contributed by atoms with Crippen molar-refractivity contribution in [1.29, 1.82) is 0 Å². The van der Waals surface area contributed by atoms with Crippen LogP contribution in [0.3, 0.4) is 0 Å². The van der Waals surface area contributed by atoms with Gasteiger partial charge in [-0.05, 0) is 55.5 Å². The molecule has 0 aromatic heterocycles. The molecule has 34 heavy (non-hydrogen) atoms. The molecule has 1 aliphatic heterocycles. The molecule has 0 saturated carbocycles. The van der Waals surface area contributed by atoms with E-state index in [1.165, 1.54) is 5.56 Å². The highest BCUT2D eigenvalue weighted by molar-refractivity contribution is 5.79. The van der Waals surface area contributed by atoms with Crippen molar-refractivity contribution in [3.8, 4) is 0 Å². The minimum absolute atomic E-state index is 0.000931. The van der Waals surface area contributed by atoms with Crippen LogP contribution in [0, 0.1) is 6.92 Å². The topological polar surface area (TPSA) is 81.1 Å². The fourth-order valence-corrected chi connectivity index (χ4v) is 4.50. The van der Waals surface area contributed by atoms with E-state index in [9.17, 15) is 14.7 Å². The summed E-state index contributed by atoms with van der Waals surface area (Å²) in [5.74, 6) is -0.609. The molecule has 182 valence electrons. The van der Waals surface area contributed by atoms with Gasteiger partial charge in [0.05, 0.1) is 12.1 Å². The van der Waals surface area contributed by atoms with Gasteiger partial charge in [0, 0.05) is 37.8 Å². The number of carboxylic acids is 1. The van der Waals surface area contributed by atoms with Crippen molar-refractivity contribution >= 4 is 23.3 Å². The molecule has 1 fully saturated rings. The number of amides is 1. The smallest absolute Gasteiger partial charge is 0.303 e. The van der Waals surface area contributed by atoms with E-state index >= 15 is 0 Å². The fourth-order valence-electron chi connectivity index (χ4n) is 4.50. The van der Waals surface area contributed by atoms with Gasteiger partial charge >= 0.3 is 5.97 Å². The van der Waals surface area contributed by atoms with Crippen LogP contribution in [0.4, 0.5) is 11.4 Å². The highest BCUT2D eigenvalue weighted by atomic mass is 16.4. The number of carboxylic acid groups (broad SMARTS) is 1. The van der Waals surface area contributed by atoms with Crippen molar-refractivity contribution in [1.82, 2.24) is 4.90 Å². The molecule has 1 amide bonds. The van der Waals surface area contributed by atoms with Crippen molar-refractivity contribution in [3.63, 3.8) is 0 Å². The maximum absolute atomic E-state index is 12.3. The summed E-state index contributed by atoms with van der Waals surface area (Å²) in [5.41, 5.74) is 4.11. The Balaban J connectivity index is 1.58. The van der Waals surface area contributed by atoms with Crippen molar-refractivity contribution in [2.24, 2.45) is 0 Å². The third-order valence-corrected chi connectivity index (χ3v) is 6.51. The molecule has 2 N–H and O–H groups in total. The number of para-hydroxylation sites is 1. The van der Waals surface area contributed by atoms with Crippen LogP contribution in [-0.4, -0.2) is 46.6 Å². The summed E-state index contributed by atoms with van der Waals surface area (Å²) in [6, 6.07) is 16.1. The zero-order valence-corrected chi connectivity index (χ0v) is 20.2. The van der Waals surface area contributed by atoms with E-state index in [2.05, 4.69) is 24.0 Å². The Morgan fingerprint density at radius 3 is 2.68 bits per heavy atom. The number of unbranched alkanes of at least 4 members (excludes halogenated alkanes) is 3. The lowest BCUT2D eigenvalue weighted by atomic mass is 10.1. The first-order chi connectivity index (χ1) is 16.4. The van der Waals surface area contributed by atoms with E-state index < -0.39 is 12.1 Å². The van der Waals surface area contributed by atoms with Crippen molar-refractivity contribution < 1.29 is 19.8 Å². The number of likely N-dealkylation sites (tertiary alicyclic amines) is 1. The zero-order valence-electron chi connectivity index (χ0n) is 20.2. The summed E-state index contributed by atoms with van der Waals surface area (Å²) in [6.07, 6.45) is 7.80. The minimum Gasteiger partial charge on any atom is -0.481 e. The largest absolute Gasteiger partial charge is 0.481 e. The number of anilines is 2. The second-order valence-corrected chi connectivity index (χ2v) is 9.02. The number of hydrogen-bond acceptors (Lipinski definition) is 4. The Kier molecular flexibility index (Phi) is 9.28. The molecule has 0 aliphatic carbocycles. The van der Waals surface area contributed by atoms with Crippen molar-refractivity contribution in [2.45, 2.75) is 64.0 Å². The molecule has 1 aliphatic rings. The second kappa shape index (κ2) is 12.4. The first-order valence-electron chi connectivity index (χ1n) is 12.1. The van der Waals surface area contributed by atoms with Crippen LogP contribution in [-0.2, 0) is 9.59 Å². The summed E-state index contributed by atoms with van der Waals surface area (Å²) in [5, 5.41) is 19.5. The first kappa shape index (κ1) is 25.5. The van der Waals surface area contributed by atoms with Gasteiger partial charge in [-0.2, -0.15) is 0 Å². The van der Waals surface area contributed by atoms with Gasteiger partial charge in [-0.15, -0.1) is 0 Å². The van der Waals surface area contributed by atoms with E-state index in [0.717, 1.165) is 42.6 Å². The third kappa shape index (κ3) is 6.94. The molecule has 0 bridgehead atoms. The molecule has 0 radical (unpaired) electrons. The normalized spacial score (nSPS) is 16.9. The SMILES string of the molecule is Cc1ccccc1N(C)c1cccc(C(O)C=CC2CCC(=O)N2CCCCCCC(=O)O)c1. The maximum atomic E-state index is 12.3. The number of aryl methyl sites for hydroxylation is 1. The fraction of sp³-hybridized carbons (Fsp3) is 0.429. The maximum Gasteiger partial charge on any atom is 0.303 e. The summed E-state index contributed by atoms with van der Waals surface area (Å²) < 4.78 is 0. The van der Waals surface area contributed by atoms with Crippen LogP contribution < -0.4 is 4.90 Å². The van der Waals surface area contributed by atoms with Crippen LogP contribution in [0.15, 0.2) is 60.7 Å². The van der Waals surface area contributed by atoms with Crippen molar-refractivity contribution in [2.75, 3.05) is 18.5 Å². The molecule has 2 aromatic carbocycles. The summed E-state index contributed by atoms with van der Waals surface area (Å²) in [7, 11) is 2.02. The van der Waals surface area contributed by atoms with Crippen LogP contribution in [0.2, 0.25) is 0 Å². The molecule has 2 unspecified atom stereocenters. The standard InChI is InChI=1S/C28H36N2O4/c1-21-10-6-7-13-25(21)29(2)24-12-9-11-22(20-24)26(31)17-15-23-16-18-27(32)30(23)19-8-4-3-5-14-28(33)34/h6-7,9-13,15,17,20,23,26,31H,3-5,8,14,16,18-19H2,1-2H3,(H,33,34). The number of aliphatic carboxylic acids is 1. The number of aliphatic hydroxyl groups is 1. The molecule has 6 nitrogen and oxygen atoms in total. The van der Waals surface area contributed by atoms with E-state index in [0.29, 0.717) is 19.4 Å². The van der Waals surface area contributed by atoms with E-state index in [4.69, 9.17) is 5.11 Å². The molecule has 1 saturated heterocycles. The number of nitrogens with zero attached hydrogens (tertiary/aromatic N) is 2. The zero-order chi connectivity index (χ0) is 24.5. The Morgan fingerprint density at radius 1 is 1.15 bits per heavy atom. The summed E-state index contributed by atoms with van der Waals surface area (Å²) >= 11 is 0. The summed E-state index contributed by atoms with van der Waals surface area (Å²) in [4.78, 5) is 26.9. The van der Waals surface area contributed by atoms with Gasteiger partial charge in [-0.1, -0.05) is 55.3 Å². The lowest BCUT2D eigenvalue weighted by Gasteiger charge is -2.23. The van der Waals surface area contributed by atoms with Crippen LogP contribution >= 0.6 is 0 Å². The van der Waals surface area contributed by atoms with Crippen LogP contribution in [0.5, 0.6) is 0 Å². The quantitative estimate of drug-likeness (QED) is 0.326. The highest BCUT2D eigenvalue weighted by Crippen LogP contribution is 2.29. The van der Waals surface area contributed by atoms with Gasteiger partial charge in [0.2, 0.25) is 5.91 Å². The van der Waals surface area contributed by atoms with Gasteiger partial charge in [0.15, 0.2) is 0 Å². The number of hydrogen-bond donors (Lipinski definition) is 2. The Labute approximate surface area is 202 Å². The van der Waals surface area contributed by atoms with Crippen LogP contribution in [0.1, 0.15) is 62.2 Å². The van der Waals surface area contributed by atoms with Crippen LogP contribution in [0.25, 0.3) is 0 Å². The van der Waals surface area contributed by atoms with E-state index in [1.54, 1.807) is 6.08 Å². The molecule has 2 aromatic rings. The molecule has 0 spiro atoms. The van der Waals surface area contributed by atoms with Gasteiger partial charge in [0.1, 0.15) is 0 Å². The Bertz CT molecular complexity index is 1000. The second-order valence-electron chi connectivity index (χ2n) is 9.02. The van der Waals surface area contributed by atoms with E-state index in [-0.39, 0.29) is 18.4 Å². The lowest BCUT2D eigenvalue weighted by Crippen LogP contribution is -2.32. The molecular weight excluding hydrogens is 428 g/mol. The number of rotatable bonds is 12. The monoisotopic (exact) mass is 464 g/mol. The summed E-state index contributed by atoms with van der Waals surface area (Å²) in [6.45, 7) is 2.76. The first-order valence-corrected chi connectivity index (χ1v) is 12.1. The van der Waals surface area contributed by atoms with E-state index in [1.807, 2.05) is 54.4 Å². The molecule has 3 rings (SSSR count). The lowest BCUT2D eigenvalue weighted by molar-refractivity contribution is -0.137. The van der Waals surface area contributed by atoms with Gasteiger partial charge in [0.25, 0.3) is 0 Å². The molecule has 1 heterocycles. The molecular formula is C28H36N2O4. The van der Waals surface area contributed by atoms with Gasteiger partial charge in [-0.3, -0.25) is 9.59 Å². The predicted molar refractivity (Wildman–Crippen MR) is 135 cm³/mol. The van der Waals surface area contributed by atoms with Gasteiger partial charge < -0.3 is 20.0 Å². The predicted octanol–water partition coefficient (Wildman–Crippen LogP) is 5.38. The number of carbonyl (C=O) groups is 2.